The van der Waals surface area contributed by atoms with Gasteiger partial charge in [-0.25, -0.2) is 0 Å². The Hall–Kier alpha value is -0.340. The minimum atomic E-state index is 0.584. The van der Waals surface area contributed by atoms with E-state index in [1.54, 1.807) is 0 Å². The molecule has 1 aromatic carbocycles. The van der Waals surface area contributed by atoms with Gasteiger partial charge in [0.05, 0.1) is 0 Å². The maximum absolute atomic E-state index is 5.55. The molecular formula is C13H17BrO. The van der Waals surface area contributed by atoms with Gasteiger partial charge in [0.1, 0.15) is 0 Å². The minimum Gasteiger partial charge on any atom is -0.381 e. The minimum absolute atomic E-state index is 0.584. The standard InChI is InChI=1S/C13H17BrO/c1-10(11-5-4-8-15-9-11)12-6-2-3-7-13(12)14/h2-3,6-7,10-11H,4-5,8-9H2,1H3. The van der Waals surface area contributed by atoms with E-state index in [-0.39, 0.29) is 0 Å². The van der Waals surface area contributed by atoms with Gasteiger partial charge in [-0.15, -0.1) is 0 Å². The van der Waals surface area contributed by atoms with Crippen LogP contribution in [-0.4, -0.2) is 13.2 Å². The van der Waals surface area contributed by atoms with Gasteiger partial charge in [0.15, 0.2) is 0 Å². The third-order valence-electron chi connectivity index (χ3n) is 3.30. The molecule has 0 N–H and O–H groups in total. The van der Waals surface area contributed by atoms with Gasteiger partial charge in [0, 0.05) is 17.7 Å². The number of ether oxygens (including phenoxy) is 1. The second-order valence-corrected chi connectivity index (χ2v) is 5.14. The Kier molecular flexibility index (Phi) is 3.81. The molecule has 1 aromatic rings. The highest BCUT2D eigenvalue weighted by atomic mass is 79.9. The van der Waals surface area contributed by atoms with E-state index in [1.807, 2.05) is 0 Å². The van der Waals surface area contributed by atoms with E-state index in [4.69, 9.17) is 4.74 Å². The van der Waals surface area contributed by atoms with Crippen LogP contribution in [0.1, 0.15) is 31.2 Å². The lowest BCUT2D eigenvalue weighted by Crippen LogP contribution is -2.22. The van der Waals surface area contributed by atoms with Gasteiger partial charge in [-0.3, -0.25) is 0 Å². The van der Waals surface area contributed by atoms with Crippen molar-refractivity contribution in [2.24, 2.45) is 5.92 Å². The molecule has 2 rings (SSSR count). The topological polar surface area (TPSA) is 9.23 Å². The molecule has 0 spiro atoms. The van der Waals surface area contributed by atoms with Crippen molar-refractivity contribution in [3.8, 4) is 0 Å². The van der Waals surface area contributed by atoms with E-state index in [9.17, 15) is 0 Å². The highest BCUT2D eigenvalue weighted by Crippen LogP contribution is 2.34. The first-order chi connectivity index (χ1) is 7.29. The Labute approximate surface area is 100.0 Å². The van der Waals surface area contributed by atoms with Gasteiger partial charge in [-0.2, -0.15) is 0 Å². The van der Waals surface area contributed by atoms with Crippen molar-refractivity contribution >= 4 is 15.9 Å². The van der Waals surface area contributed by atoms with E-state index >= 15 is 0 Å². The van der Waals surface area contributed by atoms with Gasteiger partial charge in [0.2, 0.25) is 0 Å². The highest BCUT2D eigenvalue weighted by molar-refractivity contribution is 9.10. The van der Waals surface area contributed by atoms with Crippen molar-refractivity contribution in [1.29, 1.82) is 0 Å². The molecule has 1 aliphatic heterocycles. The number of hydrogen-bond donors (Lipinski definition) is 0. The van der Waals surface area contributed by atoms with Crippen LogP contribution >= 0.6 is 15.9 Å². The van der Waals surface area contributed by atoms with Crippen LogP contribution < -0.4 is 0 Å². The molecule has 0 radical (unpaired) electrons. The normalized spacial score (nSPS) is 23.7. The molecule has 2 atom stereocenters. The summed E-state index contributed by atoms with van der Waals surface area (Å²) in [6, 6.07) is 8.51. The lowest BCUT2D eigenvalue weighted by Gasteiger charge is -2.28. The van der Waals surface area contributed by atoms with E-state index in [2.05, 4.69) is 47.1 Å². The number of benzene rings is 1. The maximum atomic E-state index is 5.55. The summed E-state index contributed by atoms with van der Waals surface area (Å²) in [5.41, 5.74) is 1.41. The van der Waals surface area contributed by atoms with Crippen molar-refractivity contribution in [2.75, 3.05) is 13.2 Å². The fraction of sp³-hybridized carbons (Fsp3) is 0.538. The third-order valence-corrected chi connectivity index (χ3v) is 4.02. The lowest BCUT2D eigenvalue weighted by molar-refractivity contribution is 0.0462. The summed E-state index contributed by atoms with van der Waals surface area (Å²) in [6.45, 7) is 4.17. The molecule has 0 aliphatic carbocycles. The molecule has 1 heterocycles. The van der Waals surface area contributed by atoms with Crippen LogP contribution in [0.15, 0.2) is 28.7 Å². The summed E-state index contributed by atoms with van der Waals surface area (Å²) in [5.74, 6) is 1.26. The van der Waals surface area contributed by atoms with Crippen LogP contribution in [0.2, 0.25) is 0 Å². The Morgan fingerprint density at radius 2 is 2.20 bits per heavy atom. The highest BCUT2D eigenvalue weighted by Gasteiger charge is 2.22. The summed E-state index contributed by atoms with van der Waals surface area (Å²) in [6.07, 6.45) is 2.50. The third kappa shape index (κ3) is 2.61. The quantitative estimate of drug-likeness (QED) is 0.789. The average molecular weight is 269 g/mol. The first kappa shape index (κ1) is 11.2. The van der Waals surface area contributed by atoms with Crippen LogP contribution in [0.5, 0.6) is 0 Å². The van der Waals surface area contributed by atoms with E-state index < -0.39 is 0 Å². The molecule has 82 valence electrons. The van der Waals surface area contributed by atoms with Crippen molar-refractivity contribution in [1.82, 2.24) is 0 Å². The summed E-state index contributed by atoms with van der Waals surface area (Å²) in [4.78, 5) is 0. The van der Waals surface area contributed by atoms with Crippen LogP contribution in [-0.2, 0) is 4.74 Å². The molecule has 0 saturated carbocycles. The largest absolute Gasteiger partial charge is 0.381 e. The number of rotatable bonds is 2. The SMILES string of the molecule is CC(c1ccccc1Br)C1CCCOC1. The fourth-order valence-corrected chi connectivity index (χ4v) is 2.90. The molecule has 1 nitrogen and oxygen atoms in total. The Bertz CT molecular complexity index is 318. The van der Waals surface area contributed by atoms with Crippen molar-refractivity contribution in [2.45, 2.75) is 25.7 Å². The Morgan fingerprint density at radius 3 is 2.87 bits per heavy atom. The van der Waals surface area contributed by atoms with Crippen molar-refractivity contribution in [3.63, 3.8) is 0 Å². The number of halogens is 1. The predicted octanol–water partition coefficient (Wildman–Crippen LogP) is 3.98. The van der Waals surface area contributed by atoms with E-state index in [0.717, 1.165) is 13.2 Å². The Morgan fingerprint density at radius 1 is 1.40 bits per heavy atom. The zero-order chi connectivity index (χ0) is 10.7. The molecule has 1 fully saturated rings. The van der Waals surface area contributed by atoms with Crippen LogP contribution in [0.3, 0.4) is 0 Å². The molecule has 0 bridgehead atoms. The monoisotopic (exact) mass is 268 g/mol. The first-order valence-corrected chi connectivity index (χ1v) is 6.40. The molecule has 1 saturated heterocycles. The second-order valence-electron chi connectivity index (χ2n) is 4.29. The van der Waals surface area contributed by atoms with Gasteiger partial charge < -0.3 is 4.74 Å². The van der Waals surface area contributed by atoms with Gasteiger partial charge >= 0.3 is 0 Å². The van der Waals surface area contributed by atoms with E-state index in [0.29, 0.717) is 11.8 Å². The van der Waals surface area contributed by atoms with Crippen molar-refractivity contribution < 1.29 is 4.74 Å². The molecule has 2 heteroatoms. The zero-order valence-electron chi connectivity index (χ0n) is 9.08. The lowest BCUT2D eigenvalue weighted by atomic mass is 9.84. The van der Waals surface area contributed by atoms with Gasteiger partial charge in [-0.1, -0.05) is 41.1 Å². The molecule has 15 heavy (non-hydrogen) atoms. The van der Waals surface area contributed by atoms with Crippen molar-refractivity contribution in [3.05, 3.63) is 34.3 Å². The predicted molar refractivity (Wildman–Crippen MR) is 66.1 cm³/mol. The van der Waals surface area contributed by atoms with Crippen LogP contribution in [0.25, 0.3) is 0 Å². The molecule has 0 aromatic heterocycles. The molecule has 1 aliphatic rings. The second kappa shape index (κ2) is 5.13. The molecule has 0 amide bonds. The smallest absolute Gasteiger partial charge is 0.0500 e. The van der Waals surface area contributed by atoms with Gasteiger partial charge in [-0.05, 0) is 36.3 Å². The maximum Gasteiger partial charge on any atom is 0.0500 e. The summed E-state index contributed by atoms with van der Waals surface area (Å²) in [5, 5.41) is 0. The molecule has 2 unspecified atom stereocenters. The number of hydrogen-bond acceptors (Lipinski definition) is 1. The summed E-state index contributed by atoms with van der Waals surface area (Å²) >= 11 is 3.62. The van der Waals surface area contributed by atoms with Crippen LogP contribution in [0, 0.1) is 5.92 Å². The zero-order valence-corrected chi connectivity index (χ0v) is 10.7. The van der Waals surface area contributed by atoms with E-state index in [1.165, 1.54) is 22.9 Å². The average Bonchev–Trinajstić information content (AvgIpc) is 2.30. The van der Waals surface area contributed by atoms with Crippen LogP contribution in [0.4, 0.5) is 0 Å². The first-order valence-electron chi connectivity index (χ1n) is 5.61. The summed E-state index contributed by atoms with van der Waals surface area (Å²) < 4.78 is 6.77. The summed E-state index contributed by atoms with van der Waals surface area (Å²) in [7, 11) is 0. The fourth-order valence-electron chi connectivity index (χ4n) is 2.26. The molecular weight excluding hydrogens is 252 g/mol. The Balaban J connectivity index is 2.12. The van der Waals surface area contributed by atoms with Gasteiger partial charge in [0.25, 0.3) is 0 Å².